The molecule has 0 saturated carbocycles. The van der Waals surface area contributed by atoms with Gasteiger partial charge < -0.3 is 66.0 Å². The summed E-state index contributed by atoms with van der Waals surface area (Å²) in [5.74, 6) is -3.74. The quantitative estimate of drug-likeness (QED) is 0.0219. The molecule has 0 spiro atoms. The summed E-state index contributed by atoms with van der Waals surface area (Å²) in [5, 5.41) is 12.8. The number of halogens is 2. The number of hydrogen-bond acceptors (Lipinski definition) is 25. The van der Waals surface area contributed by atoms with Gasteiger partial charge in [0.25, 0.3) is 11.8 Å². The number of imide groups is 1. The number of fused-ring (bicyclic) bond motifs is 6. The van der Waals surface area contributed by atoms with Crippen molar-refractivity contribution in [1.29, 1.82) is 0 Å². The van der Waals surface area contributed by atoms with Crippen molar-refractivity contribution >= 4 is 125 Å². The van der Waals surface area contributed by atoms with Gasteiger partial charge in [-0.2, -0.15) is 0 Å². The van der Waals surface area contributed by atoms with E-state index >= 15 is 8.78 Å². The van der Waals surface area contributed by atoms with Crippen LogP contribution in [0.1, 0.15) is 51.1 Å². The number of carbonyl (C=O) groups excluding carboxylic acids is 8. The number of aromatic nitrogens is 8. The maximum absolute atomic E-state index is 16.5. The first-order chi connectivity index (χ1) is 43.3. The predicted octanol–water partition coefficient (Wildman–Crippen LogP) is 1.94. The van der Waals surface area contributed by atoms with Crippen molar-refractivity contribution in [3.8, 4) is 0 Å². The fraction of sp³-hybridized carbons (Fsp3) is 0.480. The zero-order chi connectivity index (χ0) is 65.5. The van der Waals surface area contributed by atoms with Crippen LogP contribution >= 0.6 is 25.8 Å². The van der Waals surface area contributed by atoms with E-state index in [4.69, 9.17) is 60.3 Å². The standard InChI is InChI=1S/C50H61F2N17O18P2S2/c1-24(2)35(64-30(70)12-14-67-31(71)10-11-32(67)72)45(74)63-27(5-4-13-55-48(54)75)44(73)62-26-8-6-25(7-9-26)17-81-50(77)66(3)15-16-80-49(76)65-41-37-43(59-21-57-41)69(23-61-37)47-39-34(52)29(85-47)19-83-88(78,90)86-38-33(51)28(18-82-89(79,91)87-39)84-46(38)68-22-60-36-40(53)56-20-58-42(36)68/h6-11,20-24,27-29,33-35,38-39,46-47H,4-5,12-19H2,1-3H3,(H,62,73)(H,63,74)(H,64,70)(H,78,90)(H,79,91)(H2,53,56,58)(H3,54,55,75)(H,57,59,65,76)/t27-,28+,29+,33+,34+,35-,38+,39+,46+,47+,88?,89?/m0/s1. The van der Waals surface area contributed by atoms with Gasteiger partial charge in [-0.25, -0.2) is 57.6 Å². The number of imidazole rings is 2. The van der Waals surface area contributed by atoms with Crippen LogP contribution < -0.4 is 38.1 Å². The molecule has 5 aromatic rings. The molecule has 0 aliphatic carbocycles. The van der Waals surface area contributed by atoms with Crippen LogP contribution in [0, 0.1) is 5.92 Å². The molecule has 4 aromatic heterocycles. The van der Waals surface area contributed by atoms with Gasteiger partial charge >= 0.3 is 31.7 Å². The Kier molecular flexibility index (Phi) is 21.6. The molecule has 9 amide bonds. The average Bonchev–Trinajstić information content (AvgIpc) is 1.69. The lowest BCUT2D eigenvalue weighted by atomic mass is 10.0. The van der Waals surface area contributed by atoms with Crippen molar-refractivity contribution < 1.29 is 93.6 Å². The van der Waals surface area contributed by atoms with E-state index in [9.17, 15) is 47.8 Å². The molecule has 8 heterocycles. The lowest BCUT2D eigenvalue weighted by Gasteiger charge is -2.26. The predicted molar refractivity (Wildman–Crippen MR) is 316 cm³/mol. The summed E-state index contributed by atoms with van der Waals surface area (Å²) in [4.78, 5) is 139. The Morgan fingerprint density at radius 2 is 1.46 bits per heavy atom. The molecular formula is C50H61F2N17O18P2S2. The van der Waals surface area contributed by atoms with Crippen LogP contribution in [0.5, 0.6) is 0 Å². The van der Waals surface area contributed by atoms with Crippen molar-refractivity contribution in [3.05, 3.63) is 67.3 Å². The van der Waals surface area contributed by atoms with E-state index in [1.807, 2.05) is 0 Å². The Labute approximate surface area is 524 Å². The number of thiol groups is 1. The molecule has 4 aliphatic heterocycles. The van der Waals surface area contributed by atoms with Gasteiger partial charge in [0.05, 0.1) is 32.4 Å². The van der Waals surface area contributed by atoms with Crippen LogP contribution in [0.2, 0.25) is 0 Å². The molecule has 4 aliphatic rings. The normalized spacial score (nSPS) is 25.6. The van der Waals surface area contributed by atoms with Crippen LogP contribution in [0.15, 0.2) is 61.7 Å². The highest BCUT2D eigenvalue weighted by Crippen LogP contribution is 2.59. The number of hydrogen-bond donors (Lipinski definition) is 9. The highest BCUT2D eigenvalue weighted by atomic mass is 32.7. The fourth-order valence-corrected chi connectivity index (χ4v) is 12.4. The van der Waals surface area contributed by atoms with Gasteiger partial charge in [-0.05, 0) is 48.3 Å². The Balaban J connectivity index is 0.752. The van der Waals surface area contributed by atoms with E-state index in [1.165, 1.54) is 30.1 Å². The molecule has 0 radical (unpaired) electrons. The summed E-state index contributed by atoms with van der Waals surface area (Å²) in [6, 6.07) is 3.09. The number of urea groups is 1. The topological polar surface area (TPSA) is 454 Å². The fourth-order valence-electron chi connectivity index (χ4n) is 9.58. The third kappa shape index (κ3) is 16.6. The van der Waals surface area contributed by atoms with Gasteiger partial charge in [-0.15, -0.1) is 0 Å². The number of nitrogens with zero attached hydrogens (tertiary/aromatic N) is 10. The Hall–Kier alpha value is -7.97. The van der Waals surface area contributed by atoms with E-state index in [1.54, 1.807) is 26.0 Å². The van der Waals surface area contributed by atoms with E-state index in [2.05, 4.69) is 68.7 Å². The van der Waals surface area contributed by atoms with Crippen molar-refractivity contribution in [2.75, 3.05) is 62.9 Å². The summed E-state index contributed by atoms with van der Waals surface area (Å²) in [6.45, 7) is -8.27. The van der Waals surface area contributed by atoms with E-state index in [-0.39, 0.29) is 86.1 Å². The number of primary amides is 1. The molecule has 490 valence electrons. The Bertz CT molecular complexity index is 3690. The first-order valence-electron chi connectivity index (χ1n) is 27.7. The first kappa shape index (κ1) is 67.4. The summed E-state index contributed by atoms with van der Waals surface area (Å²) >= 11 is 9.31. The lowest BCUT2D eigenvalue weighted by molar-refractivity contribution is -0.137. The van der Waals surface area contributed by atoms with Crippen LogP contribution in [-0.2, 0) is 84.0 Å². The number of rotatable bonds is 21. The van der Waals surface area contributed by atoms with E-state index in [0.29, 0.717) is 11.3 Å². The number of benzene rings is 1. The number of carbonyl (C=O) groups is 8. The third-order valence-electron chi connectivity index (χ3n) is 14.2. The van der Waals surface area contributed by atoms with Crippen LogP contribution in [0.3, 0.4) is 0 Å². The van der Waals surface area contributed by atoms with E-state index in [0.717, 1.165) is 45.5 Å². The number of likely N-dealkylation sites (N-methyl/N-ethyl adjacent to an activating group) is 1. The number of anilines is 3. The van der Waals surface area contributed by atoms with Gasteiger partial charge in [0, 0.05) is 44.4 Å². The van der Waals surface area contributed by atoms with Crippen molar-refractivity contribution in [3.63, 3.8) is 0 Å². The third-order valence-corrected chi connectivity index (χ3v) is 17.4. The zero-order valence-corrected chi connectivity index (χ0v) is 51.7. The zero-order valence-electron chi connectivity index (χ0n) is 48.2. The second-order valence-electron chi connectivity index (χ2n) is 20.9. The molecule has 41 heteroatoms. The monoisotopic (exact) mass is 1350 g/mol. The summed E-state index contributed by atoms with van der Waals surface area (Å²) in [7, 11) is 1.38. The van der Waals surface area contributed by atoms with Crippen LogP contribution in [0.25, 0.3) is 22.3 Å². The minimum Gasteiger partial charge on any atom is -0.447 e. The number of ether oxygens (including phenoxy) is 4. The summed E-state index contributed by atoms with van der Waals surface area (Å²) in [6.07, 6.45) is -9.36. The number of nitrogens with two attached hydrogens (primary N) is 2. The SMILES string of the molecule is CC(C)[C@H](NC(=O)CCN1C(=O)C=CC1=O)C(=O)N[C@@H](CCCNC(N)=O)C(=O)Nc1ccc(COC(=O)N(C)CCOC(=O)Nc2ncnc3c2ncn3[C@@H]2O[C@@H]3COP(O)(=S)O[C@@H]4[C@H](F)[C@@H](COP(=O)(S)O[C@@H]2[C@@H]3F)O[C@H]4n2cnc3c(N)ncnc32)cc1. The van der Waals surface area contributed by atoms with Gasteiger partial charge in [-0.1, -0.05) is 38.2 Å². The van der Waals surface area contributed by atoms with E-state index < -0.39 is 142 Å². The number of amides is 9. The Morgan fingerprint density at radius 1 is 0.846 bits per heavy atom. The van der Waals surface area contributed by atoms with Crippen molar-refractivity contribution in [2.24, 2.45) is 11.7 Å². The second kappa shape index (κ2) is 29.1. The molecule has 10 N–H and O–H groups in total. The molecule has 3 fully saturated rings. The van der Waals surface area contributed by atoms with Gasteiger partial charge in [0.1, 0.15) is 67.9 Å². The van der Waals surface area contributed by atoms with Gasteiger partial charge in [0.2, 0.25) is 17.7 Å². The molecule has 4 bridgehead atoms. The minimum absolute atomic E-state index is 0.000228. The Morgan fingerprint density at radius 3 is 2.11 bits per heavy atom. The summed E-state index contributed by atoms with van der Waals surface area (Å²) in [5.41, 5.74) is 12.0. The number of nitrogens with one attached hydrogen (secondary N) is 5. The van der Waals surface area contributed by atoms with Crippen molar-refractivity contribution in [2.45, 2.75) is 101 Å². The molecule has 12 atom stereocenters. The molecule has 3 saturated heterocycles. The second-order valence-corrected chi connectivity index (χ2v) is 26.6. The van der Waals surface area contributed by atoms with Crippen LogP contribution in [-0.4, -0.2) is 197 Å². The highest BCUT2D eigenvalue weighted by Gasteiger charge is 2.54. The summed E-state index contributed by atoms with van der Waals surface area (Å²) < 4.78 is 94.0. The smallest absolute Gasteiger partial charge is 0.412 e. The maximum atomic E-state index is 16.5. The molecule has 91 heavy (non-hydrogen) atoms. The number of nitrogen functional groups attached to an aromatic ring is 1. The van der Waals surface area contributed by atoms with Gasteiger partial charge in [0.15, 0.2) is 53.2 Å². The van der Waals surface area contributed by atoms with Crippen molar-refractivity contribution in [1.82, 2.24) is 64.8 Å². The van der Waals surface area contributed by atoms with Crippen LogP contribution in [0.4, 0.5) is 40.5 Å². The average molecular weight is 1350 g/mol. The minimum atomic E-state index is -4.65. The van der Waals surface area contributed by atoms with Gasteiger partial charge in [-0.3, -0.25) is 56.9 Å². The largest absolute Gasteiger partial charge is 0.447 e. The number of alkyl halides is 2. The maximum Gasteiger partial charge on any atom is 0.412 e. The lowest BCUT2D eigenvalue weighted by Crippen LogP contribution is -2.54. The highest BCUT2D eigenvalue weighted by molar-refractivity contribution is 8.44. The molecule has 2 unspecified atom stereocenters. The molecular weight excluding hydrogens is 1290 g/mol. The first-order valence-corrected chi connectivity index (χ1v) is 32.9. The molecule has 35 nitrogen and oxygen atoms in total. The molecule has 1 aromatic carbocycles. The molecule has 9 rings (SSSR count).